The van der Waals surface area contributed by atoms with Gasteiger partial charge in [0.1, 0.15) is 0 Å². The van der Waals surface area contributed by atoms with E-state index in [1.807, 2.05) is 0 Å². The first-order chi connectivity index (χ1) is 42.8. The van der Waals surface area contributed by atoms with E-state index in [0.717, 1.165) is 63.1 Å². The Hall–Kier alpha value is -8.02. The van der Waals surface area contributed by atoms with E-state index in [1.165, 1.54) is 155 Å². The number of nitrogens with zero attached hydrogens (tertiary/aromatic N) is 2. The number of anilines is 6. The van der Waals surface area contributed by atoms with Crippen molar-refractivity contribution in [3.8, 4) is 66.8 Å². The molecule has 0 atom stereocenters. The molecular formula is C84H82Br2N2. The summed E-state index contributed by atoms with van der Waals surface area (Å²) in [6, 6.07) is 86.8. The molecule has 11 aromatic rings. The van der Waals surface area contributed by atoms with Gasteiger partial charge in [0.05, 0.1) is 0 Å². The second-order valence-corrected chi connectivity index (χ2v) is 26.1. The number of aryl methyl sites for hydroxylation is 8. The van der Waals surface area contributed by atoms with Crippen LogP contribution in [0, 0.1) is 41.5 Å². The molecular weight excluding hydrogens is 1200 g/mol. The second kappa shape index (κ2) is 28.4. The van der Waals surface area contributed by atoms with Crippen LogP contribution < -0.4 is 9.80 Å². The molecule has 0 saturated carbocycles. The Morgan fingerprint density at radius 3 is 0.898 bits per heavy atom. The van der Waals surface area contributed by atoms with Crippen molar-refractivity contribution >= 4 is 66.0 Å². The van der Waals surface area contributed by atoms with Crippen LogP contribution in [-0.4, -0.2) is 0 Å². The van der Waals surface area contributed by atoms with Crippen molar-refractivity contribution in [2.75, 3.05) is 9.80 Å². The van der Waals surface area contributed by atoms with Crippen molar-refractivity contribution in [3.05, 3.63) is 284 Å². The summed E-state index contributed by atoms with van der Waals surface area (Å²) in [6.45, 7) is 17.9. The third-order valence-corrected chi connectivity index (χ3v) is 18.6. The molecule has 0 amide bonds. The summed E-state index contributed by atoms with van der Waals surface area (Å²) in [7, 11) is 0. The van der Waals surface area contributed by atoms with Crippen molar-refractivity contribution in [1.29, 1.82) is 0 Å². The number of hydrogen-bond acceptors (Lipinski definition) is 2. The van der Waals surface area contributed by atoms with Gasteiger partial charge in [-0.3, -0.25) is 0 Å². The summed E-state index contributed by atoms with van der Waals surface area (Å²) >= 11 is 7.27. The molecule has 4 heteroatoms. The molecule has 0 fully saturated rings. The first-order valence-electron chi connectivity index (χ1n) is 31.9. The van der Waals surface area contributed by atoms with Crippen LogP contribution in [0.4, 0.5) is 34.1 Å². The van der Waals surface area contributed by atoms with Gasteiger partial charge in [-0.15, -0.1) is 0 Å². The molecule has 0 heterocycles. The van der Waals surface area contributed by atoms with E-state index >= 15 is 0 Å². The van der Waals surface area contributed by atoms with Crippen LogP contribution in [0.1, 0.15) is 110 Å². The summed E-state index contributed by atoms with van der Waals surface area (Å²) in [5.41, 5.74) is 32.4. The molecule has 0 aliphatic carbocycles. The maximum Gasteiger partial charge on any atom is 0.0496 e. The van der Waals surface area contributed by atoms with Gasteiger partial charge in [0, 0.05) is 43.1 Å². The number of halogens is 2. The van der Waals surface area contributed by atoms with Gasteiger partial charge >= 0.3 is 0 Å². The minimum Gasteiger partial charge on any atom is -0.311 e. The van der Waals surface area contributed by atoms with Crippen LogP contribution in [-0.2, 0) is 12.8 Å². The smallest absolute Gasteiger partial charge is 0.0496 e. The van der Waals surface area contributed by atoms with Gasteiger partial charge in [0.2, 0.25) is 0 Å². The Morgan fingerprint density at radius 2 is 0.557 bits per heavy atom. The van der Waals surface area contributed by atoms with Gasteiger partial charge in [-0.1, -0.05) is 229 Å². The Balaban J connectivity index is 0.961. The second-order valence-electron chi connectivity index (χ2n) is 24.3. The van der Waals surface area contributed by atoms with Crippen molar-refractivity contribution in [1.82, 2.24) is 0 Å². The molecule has 442 valence electrons. The Labute approximate surface area is 542 Å². The molecule has 0 aliphatic heterocycles. The standard InChI is InChI=1S/C84H82Br2N2/c1-9-11-13-15-17-72-56-82(88(79-45-31-68(32-46-79)65-25-39-75(86)40-26-65)80-49-35-71(36-50-80)84-61(7)53-58(4)54-62(84)8)73(18-16-14-12-10-2)55-81(72)69-21-19-63(20-22-69)66-27-41-76(42-28-66)87(77-43-29-67(30-44-77)64-23-37-74(85)38-24-64)78-47-33-70(34-48-78)83-59(5)51-57(3)52-60(83)6/h19-56H,9-18H2,1-8H3. The van der Waals surface area contributed by atoms with Crippen LogP contribution in [0.5, 0.6) is 0 Å². The molecule has 0 bridgehead atoms. The molecule has 0 saturated heterocycles. The highest BCUT2D eigenvalue weighted by atomic mass is 79.9. The number of rotatable bonds is 22. The third-order valence-electron chi connectivity index (χ3n) is 17.6. The zero-order chi connectivity index (χ0) is 61.3. The van der Waals surface area contributed by atoms with Gasteiger partial charge in [-0.05, 0) is 264 Å². The lowest BCUT2D eigenvalue weighted by Gasteiger charge is -2.30. The van der Waals surface area contributed by atoms with E-state index in [0.29, 0.717) is 0 Å². The minimum atomic E-state index is 0.999. The van der Waals surface area contributed by atoms with E-state index in [9.17, 15) is 0 Å². The lowest BCUT2D eigenvalue weighted by atomic mass is 9.89. The first kappa shape index (κ1) is 61.6. The molecule has 0 unspecified atom stereocenters. The highest BCUT2D eigenvalue weighted by molar-refractivity contribution is 9.10. The number of unbranched alkanes of at least 4 members (excludes halogenated alkanes) is 6. The van der Waals surface area contributed by atoms with Gasteiger partial charge in [0.25, 0.3) is 0 Å². The Kier molecular flexibility index (Phi) is 19.9. The van der Waals surface area contributed by atoms with Crippen molar-refractivity contribution < 1.29 is 0 Å². The van der Waals surface area contributed by atoms with Crippen LogP contribution in [0.15, 0.2) is 239 Å². The van der Waals surface area contributed by atoms with E-state index in [2.05, 4.69) is 328 Å². The largest absolute Gasteiger partial charge is 0.311 e. The number of hydrogen-bond donors (Lipinski definition) is 0. The summed E-state index contributed by atoms with van der Waals surface area (Å²) in [5.74, 6) is 0. The van der Waals surface area contributed by atoms with Gasteiger partial charge < -0.3 is 9.80 Å². The Morgan fingerprint density at radius 1 is 0.273 bits per heavy atom. The fourth-order valence-corrected chi connectivity index (χ4v) is 13.8. The number of benzene rings is 11. The summed E-state index contributed by atoms with van der Waals surface area (Å²) < 4.78 is 2.16. The highest BCUT2D eigenvalue weighted by Crippen LogP contribution is 2.45. The topological polar surface area (TPSA) is 6.48 Å². The third kappa shape index (κ3) is 14.3. The van der Waals surface area contributed by atoms with E-state index in [1.54, 1.807) is 0 Å². The van der Waals surface area contributed by atoms with Crippen LogP contribution in [0.25, 0.3) is 66.8 Å². The predicted molar refractivity (Wildman–Crippen MR) is 388 cm³/mol. The van der Waals surface area contributed by atoms with Crippen LogP contribution >= 0.6 is 31.9 Å². The van der Waals surface area contributed by atoms with Crippen molar-refractivity contribution in [3.63, 3.8) is 0 Å². The summed E-state index contributed by atoms with van der Waals surface area (Å²) in [5, 5.41) is 0. The quantitative estimate of drug-likeness (QED) is 0.0624. The fraction of sp³-hybridized carbons (Fsp3) is 0.214. The predicted octanol–water partition coefficient (Wildman–Crippen LogP) is 26.2. The molecule has 0 N–H and O–H groups in total. The molecule has 0 aromatic heterocycles. The molecule has 0 aliphatic rings. The monoisotopic (exact) mass is 1280 g/mol. The fourth-order valence-electron chi connectivity index (χ4n) is 13.3. The SMILES string of the molecule is CCCCCCc1cc(N(c2ccc(-c3ccc(Br)cc3)cc2)c2ccc(-c3c(C)cc(C)cc3C)cc2)c(CCCCCC)cc1-c1ccc(-c2ccc(N(c3ccc(-c4ccc(Br)cc4)cc3)c3ccc(-c4c(C)cc(C)cc4C)cc3)cc2)cc1. The average Bonchev–Trinajstić information content (AvgIpc) is 1.31. The summed E-state index contributed by atoms with van der Waals surface area (Å²) in [6.07, 6.45) is 11.6. The van der Waals surface area contributed by atoms with Crippen LogP contribution in [0.2, 0.25) is 0 Å². The van der Waals surface area contributed by atoms with Crippen molar-refractivity contribution in [2.24, 2.45) is 0 Å². The average molecular weight is 1280 g/mol. The molecule has 11 aromatic carbocycles. The van der Waals surface area contributed by atoms with Gasteiger partial charge in [-0.2, -0.15) is 0 Å². The highest BCUT2D eigenvalue weighted by Gasteiger charge is 2.22. The summed E-state index contributed by atoms with van der Waals surface area (Å²) in [4.78, 5) is 4.93. The molecule has 11 rings (SSSR count). The molecule has 0 radical (unpaired) electrons. The van der Waals surface area contributed by atoms with Gasteiger partial charge in [-0.25, -0.2) is 0 Å². The molecule has 2 nitrogen and oxygen atoms in total. The molecule has 0 spiro atoms. The zero-order valence-electron chi connectivity index (χ0n) is 52.7. The first-order valence-corrected chi connectivity index (χ1v) is 33.5. The van der Waals surface area contributed by atoms with E-state index in [-0.39, 0.29) is 0 Å². The van der Waals surface area contributed by atoms with E-state index < -0.39 is 0 Å². The maximum absolute atomic E-state index is 3.65. The lowest BCUT2D eigenvalue weighted by Crippen LogP contribution is -2.13. The zero-order valence-corrected chi connectivity index (χ0v) is 55.8. The van der Waals surface area contributed by atoms with E-state index in [4.69, 9.17) is 0 Å². The normalized spacial score (nSPS) is 11.3. The van der Waals surface area contributed by atoms with Crippen LogP contribution in [0.3, 0.4) is 0 Å². The Bertz CT molecular complexity index is 4080. The van der Waals surface area contributed by atoms with Crippen molar-refractivity contribution in [2.45, 2.75) is 120 Å². The maximum atomic E-state index is 3.65. The molecule has 88 heavy (non-hydrogen) atoms. The lowest BCUT2D eigenvalue weighted by molar-refractivity contribution is 0.664. The minimum absolute atomic E-state index is 0.999. The van der Waals surface area contributed by atoms with Gasteiger partial charge in [0.15, 0.2) is 0 Å².